The number of rotatable bonds is 4. The molecule has 2 rings (SSSR count). The van der Waals surface area contributed by atoms with Crippen molar-refractivity contribution < 1.29 is 4.74 Å². The van der Waals surface area contributed by atoms with Gasteiger partial charge in [0.05, 0.1) is 15.9 Å². The van der Waals surface area contributed by atoms with Gasteiger partial charge in [-0.3, -0.25) is 4.68 Å². The number of aryl methyl sites for hydroxylation is 2. The molecule has 96 valence electrons. The van der Waals surface area contributed by atoms with Crippen LogP contribution in [0.15, 0.2) is 4.47 Å². The van der Waals surface area contributed by atoms with Crippen LogP contribution in [-0.4, -0.2) is 28.2 Å². The van der Waals surface area contributed by atoms with E-state index in [4.69, 9.17) is 4.74 Å². The molecule has 0 spiro atoms. The fraction of sp³-hybridized carbons (Fsp3) is 0.750. The number of ether oxygens (including phenoxy) is 1. The van der Waals surface area contributed by atoms with Gasteiger partial charge in [-0.05, 0) is 35.2 Å². The van der Waals surface area contributed by atoms with Crippen molar-refractivity contribution in [1.82, 2.24) is 9.78 Å². The van der Waals surface area contributed by atoms with Gasteiger partial charge in [0.2, 0.25) is 0 Å². The molecule has 0 amide bonds. The van der Waals surface area contributed by atoms with E-state index in [1.165, 1.54) is 23.0 Å². The maximum Gasteiger partial charge on any atom is 0.0767 e. The molecular formula is C12H19BrN2OS. The minimum atomic E-state index is 0.746. The minimum Gasteiger partial charge on any atom is -0.381 e. The van der Waals surface area contributed by atoms with E-state index in [-0.39, 0.29) is 0 Å². The summed E-state index contributed by atoms with van der Waals surface area (Å²) in [5.74, 6) is 1.04. The zero-order chi connectivity index (χ0) is 12.3. The van der Waals surface area contributed by atoms with Crippen molar-refractivity contribution in [3.05, 3.63) is 15.9 Å². The molecule has 1 aliphatic heterocycles. The van der Waals surface area contributed by atoms with Gasteiger partial charge in [-0.1, -0.05) is 6.92 Å². The average molecular weight is 319 g/mol. The maximum absolute atomic E-state index is 5.38. The molecule has 0 N–H and O–H groups in total. The predicted octanol–water partition coefficient (Wildman–Crippen LogP) is 3.16. The second-order valence-corrected chi connectivity index (χ2v) is 6.39. The molecule has 0 saturated carbocycles. The van der Waals surface area contributed by atoms with Gasteiger partial charge in [-0.25, -0.2) is 0 Å². The molecule has 2 heterocycles. The topological polar surface area (TPSA) is 27.1 Å². The Kier molecular flexibility index (Phi) is 4.94. The van der Waals surface area contributed by atoms with Crippen LogP contribution in [0.2, 0.25) is 0 Å². The lowest BCUT2D eigenvalue weighted by Crippen LogP contribution is -2.17. The zero-order valence-electron chi connectivity index (χ0n) is 10.4. The highest BCUT2D eigenvalue weighted by atomic mass is 79.9. The van der Waals surface area contributed by atoms with Crippen LogP contribution in [0.5, 0.6) is 0 Å². The Bertz CT molecular complexity index is 375. The Morgan fingerprint density at radius 2 is 2.18 bits per heavy atom. The summed E-state index contributed by atoms with van der Waals surface area (Å²) in [6, 6.07) is 0. The highest BCUT2D eigenvalue weighted by Crippen LogP contribution is 2.30. The lowest BCUT2D eigenvalue weighted by Gasteiger charge is -2.21. The van der Waals surface area contributed by atoms with Gasteiger partial charge in [-0.15, -0.1) is 0 Å². The number of halogens is 1. The van der Waals surface area contributed by atoms with E-state index < -0.39 is 0 Å². The van der Waals surface area contributed by atoms with Gasteiger partial charge < -0.3 is 4.74 Å². The first kappa shape index (κ1) is 13.4. The summed E-state index contributed by atoms with van der Waals surface area (Å²) < 4.78 is 8.59. The second kappa shape index (κ2) is 6.25. The van der Waals surface area contributed by atoms with E-state index in [9.17, 15) is 0 Å². The molecule has 1 aromatic heterocycles. The molecule has 0 aliphatic carbocycles. The molecule has 3 nitrogen and oxygen atoms in total. The summed E-state index contributed by atoms with van der Waals surface area (Å²) in [6.07, 6.45) is 3.35. The van der Waals surface area contributed by atoms with Crippen molar-refractivity contribution in [1.29, 1.82) is 0 Å². The third-order valence-corrected chi connectivity index (χ3v) is 5.43. The largest absolute Gasteiger partial charge is 0.381 e. The van der Waals surface area contributed by atoms with Crippen LogP contribution in [0.3, 0.4) is 0 Å². The molecule has 0 atom stereocenters. The Morgan fingerprint density at radius 1 is 1.47 bits per heavy atom. The van der Waals surface area contributed by atoms with Gasteiger partial charge in [0.25, 0.3) is 0 Å². The van der Waals surface area contributed by atoms with Crippen molar-refractivity contribution in [2.24, 2.45) is 7.05 Å². The van der Waals surface area contributed by atoms with Crippen molar-refractivity contribution >= 4 is 27.7 Å². The summed E-state index contributed by atoms with van der Waals surface area (Å²) in [5.41, 5.74) is 2.47. The average Bonchev–Trinajstić information content (AvgIpc) is 2.63. The minimum absolute atomic E-state index is 0.746. The van der Waals surface area contributed by atoms with Crippen molar-refractivity contribution in [2.75, 3.05) is 13.2 Å². The van der Waals surface area contributed by atoms with Gasteiger partial charge in [0.1, 0.15) is 0 Å². The molecule has 1 aromatic rings. The van der Waals surface area contributed by atoms with Crippen molar-refractivity contribution in [3.8, 4) is 0 Å². The molecule has 17 heavy (non-hydrogen) atoms. The van der Waals surface area contributed by atoms with Crippen LogP contribution in [0.4, 0.5) is 0 Å². The maximum atomic E-state index is 5.38. The Hall–Kier alpha value is -0.0000000000000000555. The SMILES string of the molecule is CCc1nn(C)c(CSC2CCOCC2)c1Br. The summed E-state index contributed by atoms with van der Waals surface area (Å²) in [4.78, 5) is 0. The molecule has 1 aliphatic rings. The van der Waals surface area contributed by atoms with Crippen LogP contribution in [0.25, 0.3) is 0 Å². The fourth-order valence-electron chi connectivity index (χ4n) is 2.02. The van der Waals surface area contributed by atoms with Crippen molar-refractivity contribution in [3.63, 3.8) is 0 Å². The Morgan fingerprint density at radius 3 is 2.76 bits per heavy atom. The highest BCUT2D eigenvalue weighted by Gasteiger charge is 2.17. The monoisotopic (exact) mass is 318 g/mol. The summed E-state index contributed by atoms with van der Waals surface area (Å²) in [7, 11) is 2.03. The van der Waals surface area contributed by atoms with E-state index in [0.29, 0.717) is 0 Å². The lowest BCUT2D eigenvalue weighted by molar-refractivity contribution is 0.1000. The van der Waals surface area contributed by atoms with Crippen LogP contribution >= 0.6 is 27.7 Å². The Labute approximate surface area is 115 Å². The normalized spacial score (nSPS) is 17.6. The first-order valence-electron chi connectivity index (χ1n) is 6.12. The van der Waals surface area contributed by atoms with Crippen LogP contribution < -0.4 is 0 Å². The fourth-order valence-corrected chi connectivity index (χ4v) is 4.21. The molecule has 0 aromatic carbocycles. The van der Waals surface area contributed by atoms with E-state index in [0.717, 1.165) is 36.3 Å². The number of hydrogen-bond donors (Lipinski definition) is 0. The third kappa shape index (κ3) is 3.26. The number of nitrogens with zero attached hydrogens (tertiary/aromatic N) is 2. The zero-order valence-corrected chi connectivity index (χ0v) is 12.8. The second-order valence-electron chi connectivity index (χ2n) is 4.31. The molecular weight excluding hydrogens is 300 g/mol. The van der Waals surface area contributed by atoms with Crippen LogP contribution in [0, 0.1) is 0 Å². The van der Waals surface area contributed by atoms with Crippen LogP contribution in [-0.2, 0) is 24.0 Å². The standard InChI is InChI=1S/C12H19BrN2OS/c1-3-10-12(13)11(15(2)14-10)8-17-9-4-6-16-7-5-9/h9H,3-8H2,1-2H3. The van der Waals surface area contributed by atoms with E-state index in [1.807, 2.05) is 23.5 Å². The molecule has 1 saturated heterocycles. The first-order chi connectivity index (χ1) is 8.22. The molecule has 0 unspecified atom stereocenters. The lowest BCUT2D eigenvalue weighted by atomic mass is 10.2. The van der Waals surface area contributed by atoms with Crippen molar-refractivity contribution in [2.45, 2.75) is 37.2 Å². The first-order valence-corrected chi connectivity index (χ1v) is 7.96. The predicted molar refractivity (Wildman–Crippen MR) is 75.4 cm³/mol. The molecule has 0 bridgehead atoms. The smallest absolute Gasteiger partial charge is 0.0767 e. The molecule has 0 radical (unpaired) electrons. The van der Waals surface area contributed by atoms with Gasteiger partial charge in [0, 0.05) is 31.3 Å². The summed E-state index contributed by atoms with van der Waals surface area (Å²) >= 11 is 5.70. The van der Waals surface area contributed by atoms with E-state index in [1.54, 1.807) is 0 Å². The molecule has 5 heteroatoms. The quantitative estimate of drug-likeness (QED) is 0.853. The van der Waals surface area contributed by atoms with E-state index in [2.05, 4.69) is 28.0 Å². The Balaban J connectivity index is 1.95. The van der Waals surface area contributed by atoms with E-state index >= 15 is 0 Å². The molecule has 1 fully saturated rings. The van der Waals surface area contributed by atoms with Gasteiger partial charge in [0.15, 0.2) is 0 Å². The summed E-state index contributed by atoms with van der Waals surface area (Å²) in [5, 5.41) is 5.27. The van der Waals surface area contributed by atoms with Gasteiger partial charge in [-0.2, -0.15) is 16.9 Å². The third-order valence-electron chi connectivity index (χ3n) is 3.13. The van der Waals surface area contributed by atoms with Crippen LogP contribution in [0.1, 0.15) is 31.2 Å². The highest BCUT2D eigenvalue weighted by molar-refractivity contribution is 9.10. The number of hydrogen-bond acceptors (Lipinski definition) is 3. The summed E-state index contributed by atoms with van der Waals surface area (Å²) in [6.45, 7) is 3.98. The van der Waals surface area contributed by atoms with Gasteiger partial charge >= 0.3 is 0 Å². The number of thioether (sulfide) groups is 1. The number of aromatic nitrogens is 2.